The molecule has 0 fully saturated rings. The number of oxazole rings is 1. The van der Waals surface area contributed by atoms with Crippen LogP contribution >= 0.6 is 0 Å². The quantitative estimate of drug-likeness (QED) is 0.489. The summed E-state index contributed by atoms with van der Waals surface area (Å²) >= 11 is 0. The standard InChI is InChI=1S/C23H24N4O5S/c1-3-9-17(20(28)23-26-16-11-6-7-12-18(16)32-23)25-22(29)15(4-2)24-21-14-10-5-8-13-19(14)33(30,31)27-21/h5-8,10-13,15,17H,3-4,9H2,1-2H3,(H,24,27)(H,25,29)/t15?,17-/m0/s1. The van der Waals surface area contributed by atoms with Crippen molar-refractivity contribution >= 4 is 38.6 Å². The summed E-state index contributed by atoms with van der Waals surface area (Å²) in [6, 6.07) is 11.8. The lowest BCUT2D eigenvalue weighted by Gasteiger charge is -2.18. The zero-order valence-electron chi connectivity index (χ0n) is 18.2. The maximum absolute atomic E-state index is 13.0. The average Bonchev–Trinajstić information content (AvgIpc) is 3.35. The van der Waals surface area contributed by atoms with Crippen LogP contribution in [-0.2, 0) is 14.8 Å². The zero-order valence-corrected chi connectivity index (χ0v) is 19.1. The highest BCUT2D eigenvalue weighted by atomic mass is 32.2. The van der Waals surface area contributed by atoms with E-state index in [1.165, 1.54) is 6.07 Å². The van der Waals surface area contributed by atoms with E-state index < -0.39 is 33.8 Å². The monoisotopic (exact) mass is 468 g/mol. The van der Waals surface area contributed by atoms with Crippen molar-refractivity contribution in [3.8, 4) is 0 Å². The van der Waals surface area contributed by atoms with Crippen LogP contribution in [0.3, 0.4) is 0 Å². The summed E-state index contributed by atoms with van der Waals surface area (Å²) in [5.41, 5.74) is 1.47. The first-order valence-corrected chi connectivity index (χ1v) is 12.2. The average molecular weight is 469 g/mol. The summed E-state index contributed by atoms with van der Waals surface area (Å²) in [6.45, 7) is 3.67. The number of aliphatic imine (C=N–C) groups is 1. The molecule has 2 N–H and O–H groups in total. The molecule has 1 aromatic heterocycles. The number of benzene rings is 2. The second-order valence-electron chi connectivity index (χ2n) is 7.70. The van der Waals surface area contributed by atoms with Gasteiger partial charge in [0, 0.05) is 5.56 Å². The van der Waals surface area contributed by atoms with Crippen LogP contribution in [0.1, 0.15) is 49.4 Å². The molecule has 0 saturated carbocycles. The number of para-hydroxylation sites is 2. The van der Waals surface area contributed by atoms with E-state index in [4.69, 9.17) is 4.42 Å². The van der Waals surface area contributed by atoms with Crippen molar-refractivity contribution in [1.29, 1.82) is 0 Å². The van der Waals surface area contributed by atoms with Crippen molar-refractivity contribution in [2.75, 3.05) is 0 Å². The van der Waals surface area contributed by atoms with Gasteiger partial charge in [-0.3, -0.25) is 19.3 Å². The number of hydrogen-bond acceptors (Lipinski definition) is 7. The molecule has 4 rings (SSSR count). The number of carbonyl (C=O) groups excluding carboxylic acids is 2. The van der Waals surface area contributed by atoms with Crippen LogP contribution in [-0.4, -0.2) is 43.0 Å². The summed E-state index contributed by atoms with van der Waals surface area (Å²) in [7, 11) is -3.72. The van der Waals surface area contributed by atoms with E-state index in [0.29, 0.717) is 35.9 Å². The number of Topliss-reactive ketones (excluding diaryl/α,β-unsaturated/α-hetero) is 1. The van der Waals surface area contributed by atoms with Crippen LogP contribution in [0, 0.1) is 0 Å². The molecule has 0 radical (unpaired) electrons. The van der Waals surface area contributed by atoms with Crippen molar-refractivity contribution in [3.05, 3.63) is 60.0 Å². The molecule has 0 aliphatic carbocycles. The molecular weight excluding hydrogens is 444 g/mol. The minimum atomic E-state index is -3.72. The van der Waals surface area contributed by atoms with Gasteiger partial charge in [0.25, 0.3) is 15.9 Å². The molecular formula is C23H24N4O5S. The first kappa shape index (κ1) is 22.7. The molecule has 1 aliphatic rings. The zero-order chi connectivity index (χ0) is 23.6. The molecule has 2 atom stereocenters. The van der Waals surface area contributed by atoms with Crippen LogP contribution in [0.4, 0.5) is 0 Å². The molecule has 1 unspecified atom stereocenters. The topological polar surface area (TPSA) is 131 Å². The lowest BCUT2D eigenvalue weighted by Crippen LogP contribution is -2.45. The van der Waals surface area contributed by atoms with Gasteiger partial charge in [0.1, 0.15) is 17.4 Å². The second kappa shape index (κ2) is 9.14. The molecule has 1 amide bonds. The molecule has 2 aromatic carbocycles. The number of aromatic nitrogens is 1. The summed E-state index contributed by atoms with van der Waals surface area (Å²) in [6.07, 6.45) is 1.36. The number of nitrogens with zero attached hydrogens (tertiary/aromatic N) is 2. The molecule has 33 heavy (non-hydrogen) atoms. The van der Waals surface area contributed by atoms with Crippen molar-refractivity contribution in [2.45, 2.75) is 50.1 Å². The van der Waals surface area contributed by atoms with Gasteiger partial charge in [-0.15, -0.1) is 0 Å². The third kappa shape index (κ3) is 4.51. The number of sulfonamides is 1. The van der Waals surface area contributed by atoms with Gasteiger partial charge < -0.3 is 9.73 Å². The number of hydrogen-bond donors (Lipinski definition) is 2. The van der Waals surface area contributed by atoms with E-state index in [-0.39, 0.29) is 16.6 Å². The van der Waals surface area contributed by atoms with Gasteiger partial charge in [-0.1, -0.05) is 44.5 Å². The summed E-state index contributed by atoms with van der Waals surface area (Å²) in [5.74, 6) is -0.843. The number of amides is 1. The van der Waals surface area contributed by atoms with E-state index in [1.807, 2.05) is 6.92 Å². The van der Waals surface area contributed by atoms with E-state index in [1.54, 1.807) is 49.4 Å². The number of fused-ring (bicyclic) bond motifs is 2. The summed E-state index contributed by atoms with van der Waals surface area (Å²) in [5, 5.41) is 2.76. The minimum Gasteiger partial charge on any atom is -0.434 e. The largest absolute Gasteiger partial charge is 0.434 e. The predicted octanol–water partition coefficient (Wildman–Crippen LogP) is 2.81. The van der Waals surface area contributed by atoms with Crippen LogP contribution in [0.15, 0.2) is 62.8 Å². The van der Waals surface area contributed by atoms with Gasteiger partial charge in [-0.25, -0.2) is 13.4 Å². The van der Waals surface area contributed by atoms with Crippen molar-refractivity contribution in [1.82, 2.24) is 15.0 Å². The number of rotatable bonds is 8. The van der Waals surface area contributed by atoms with Gasteiger partial charge in [-0.2, -0.15) is 0 Å². The number of ketones is 1. The molecule has 1 aliphatic heterocycles. The van der Waals surface area contributed by atoms with Gasteiger partial charge in [-0.05, 0) is 37.1 Å². The molecule has 2 heterocycles. The third-order valence-corrected chi connectivity index (χ3v) is 6.75. The van der Waals surface area contributed by atoms with Crippen molar-refractivity contribution in [3.63, 3.8) is 0 Å². The Hall–Kier alpha value is -3.53. The van der Waals surface area contributed by atoms with E-state index in [0.717, 1.165) is 0 Å². The first-order valence-electron chi connectivity index (χ1n) is 10.7. The maximum atomic E-state index is 13.0. The molecule has 0 spiro atoms. The summed E-state index contributed by atoms with van der Waals surface area (Å²) < 4.78 is 32.6. The van der Waals surface area contributed by atoms with Crippen LogP contribution in [0.5, 0.6) is 0 Å². The lowest BCUT2D eigenvalue weighted by atomic mass is 10.1. The predicted molar refractivity (Wildman–Crippen MR) is 123 cm³/mol. The van der Waals surface area contributed by atoms with E-state index in [2.05, 4.69) is 20.0 Å². The van der Waals surface area contributed by atoms with Crippen molar-refractivity contribution in [2.24, 2.45) is 4.99 Å². The normalized spacial score (nSPS) is 17.3. The Balaban J connectivity index is 1.56. The van der Waals surface area contributed by atoms with Gasteiger partial charge in [0.2, 0.25) is 11.7 Å². The number of carbonyl (C=O) groups is 2. The Bertz CT molecular complexity index is 1310. The molecule has 10 heteroatoms. The SMILES string of the molecule is CCC[C@H](NC(=O)C(CC)N=C1NS(=O)(=O)c2ccccc21)C(=O)c1nc2ccccc2o1. The fraction of sp³-hybridized carbons (Fsp3) is 0.304. The Morgan fingerprint density at radius 2 is 1.85 bits per heavy atom. The third-order valence-electron chi connectivity index (χ3n) is 5.35. The molecule has 0 bridgehead atoms. The van der Waals surface area contributed by atoms with Gasteiger partial charge in [0.05, 0.1) is 10.9 Å². The smallest absolute Gasteiger partial charge is 0.266 e. The van der Waals surface area contributed by atoms with Crippen LogP contribution < -0.4 is 10.0 Å². The fourth-order valence-electron chi connectivity index (χ4n) is 3.67. The van der Waals surface area contributed by atoms with Gasteiger partial charge >= 0.3 is 0 Å². The Morgan fingerprint density at radius 1 is 1.12 bits per heavy atom. The van der Waals surface area contributed by atoms with Crippen LogP contribution in [0.25, 0.3) is 11.1 Å². The molecule has 172 valence electrons. The number of amidine groups is 1. The maximum Gasteiger partial charge on any atom is 0.266 e. The Kier molecular flexibility index (Phi) is 6.28. The highest BCUT2D eigenvalue weighted by molar-refractivity contribution is 7.90. The van der Waals surface area contributed by atoms with Gasteiger partial charge in [0.15, 0.2) is 5.58 Å². The Labute approximate surface area is 191 Å². The fourth-order valence-corrected chi connectivity index (χ4v) is 4.91. The molecule has 9 nitrogen and oxygen atoms in total. The Morgan fingerprint density at radius 3 is 2.58 bits per heavy atom. The van der Waals surface area contributed by atoms with E-state index in [9.17, 15) is 18.0 Å². The second-order valence-corrected chi connectivity index (χ2v) is 9.36. The first-order chi connectivity index (χ1) is 15.8. The molecule has 0 saturated heterocycles. The molecule has 3 aromatic rings. The summed E-state index contributed by atoms with van der Waals surface area (Å²) in [4.78, 5) is 34.8. The number of nitrogens with one attached hydrogen (secondary N) is 2. The highest BCUT2D eigenvalue weighted by Gasteiger charge is 2.33. The highest BCUT2D eigenvalue weighted by Crippen LogP contribution is 2.23. The van der Waals surface area contributed by atoms with Crippen LogP contribution in [0.2, 0.25) is 0 Å². The lowest BCUT2D eigenvalue weighted by molar-refractivity contribution is -0.122. The minimum absolute atomic E-state index is 0.0632. The van der Waals surface area contributed by atoms with E-state index >= 15 is 0 Å². The van der Waals surface area contributed by atoms with Crippen molar-refractivity contribution < 1.29 is 22.4 Å².